The quantitative estimate of drug-likeness (QED) is 0.528. The molecule has 1 saturated heterocycles. The zero-order valence-electron chi connectivity index (χ0n) is 18.5. The first kappa shape index (κ1) is 20.8. The molecule has 8 nitrogen and oxygen atoms in total. The highest BCUT2D eigenvalue weighted by Gasteiger charge is 2.33. The normalized spacial score (nSPS) is 24.8. The minimum atomic E-state index is -0.0127. The Morgan fingerprint density at radius 2 is 1.97 bits per heavy atom. The van der Waals surface area contributed by atoms with Crippen LogP contribution in [0, 0.1) is 5.92 Å². The van der Waals surface area contributed by atoms with Crippen LogP contribution < -0.4 is 32.0 Å². The van der Waals surface area contributed by atoms with Gasteiger partial charge in [-0.3, -0.25) is 4.79 Å². The molecule has 3 heterocycles. The third-order valence-corrected chi connectivity index (χ3v) is 7.06. The molecule has 32 heavy (non-hydrogen) atoms. The lowest BCUT2D eigenvalue weighted by Crippen LogP contribution is -2.48. The number of hydrogen-bond acceptors (Lipinski definition) is 7. The Kier molecular flexibility index (Phi) is 5.70. The van der Waals surface area contributed by atoms with Crippen LogP contribution in [-0.2, 0) is 4.79 Å². The molecule has 4 aliphatic rings. The summed E-state index contributed by atoms with van der Waals surface area (Å²) in [4.78, 5) is 18.0. The maximum Gasteiger partial charge on any atom is 0.230 e. The van der Waals surface area contributed by atoms with Crippen molar-refractivity contribution in [3.63, 3.8) is 0 Å². The summed E-state index contributed by atoms with van der Waals surface area (Å²) >= 11 is 0. The van der Waals surface area contributed by atoms with Crippen LogP contribution in [-0.4, -0.2) is 43.3 Å². The van der Waals surface area contributed by atoms with Gasteiger partial charge >= 0.3 is 0 Å². The van der Waals surface area contributed by atoms with Gasteiger partial charge < -0.3 is 31.2 Å². The van der Waals surface area contributed by atoms with Gasteiger partial charge in [0.25, 0.3) is 0 Å². The van der Waals surface area contributed by atoms with Crippen molar-refractivity contribution < 1.29 is 4.79 Å². The van der Waals surface area contributed by atoms with Crippen molar-refractivity contribution in [1.29, 1.82) is 0 Å². The number of piperazine rings is 1. The SMILES string of the molecule is N/C=C1/CN(c2ccc3c(c2)N(C(=O)C2CCCCC2)CC2=CC=CNC2N3)CCN1N. The molecule has 5 rings (SSSR count). The van der Waals surface area contributed by atoms with Gasteiger partial charge in [-0.15, -0.1) is 0 Å². The number of allylic oxidation sites excluding steroid dienone is 2. The largest absolute Gasteiger partial charge is 0.403 e. The molecule has 170 valence electrons. The number of nitrogens with zero attached hydrogens (tertiary/aromatic N) is 3. The molecule has 1 atom stereocenters. The number of benzene rings is 1. The average Bonchev–Trinajstić information content (AvgIpc) is 3.00. The maximum atomic E-state index is 13.7. The standard InChI is InChI=1S/C24H33N7O/c25-14-20-16-29(11-12-31(20)26)19-8-9-21-22(13-19)30(24(32)17-5-2-1-3-6-17)15-18-7-4-10-27-23(18)28-21/h4,7-10,13-14,17,23,27-28H,1-3,5-6,11-12,15-16,25-26H2/b20-14-. The van der Waals surface area contributed by atoms with E-state index in [0.29, 0.717) is 19.6 Å². The van der Waals surface area contributed by atoms with E-state index >= 15 is 0 Å². The second kappa shape index (κ2) is 8.78. The molecular weight excluding hydrogens is 402 g/mol. The molecule has 8 heteroatoms. The fourth-order valence-corrected chi connectivity index (χ4v) is 5.16. The summed E-state index contributed by atoms with van der Waals surface area (Å²) in [5.74, 6) is 6.40. The van der Waals surface area contributed by atoms with Crippen LogP contribution in [0.4, 0.5) is 17.1 Å². The lowest BCUT2D eigenvalue weighted by molar-refractivity contribution is -0.123. The number of carbonyl (C=O) groups excluding carboxylic acids is 1. The Bertz CT molecular complexity index is 963. The molecule has 0 radical (unpaired) electrons. The average molecular weight is 436 g/mol. The number of nitrogens with two attached hydrogens (primary N) is 2. The summed E-state index contributed by atoms with van der Waals surface area (Å²) in [5, 5.41) is 8.70. The Morgan fingerprint density at radius 1 is 1.12 bits per heavy atom. The minimum Gasteiger partial charge on any atom is -0.403 e. The van der Waals surface area contributed by atoms with Crippen molar-refractivity contribution in [3.8, 4) is 0 Å². The number of hydrogen-bond donors (Lipinski definition) is 4. The van der Waals surface area contributed by atoms with Crippen LogP contribution in [0.3, 0.4) is 0 Å². The summed E-state index contributed by atoms with van der Waals surface area (Å²) in [6.45, 7) is 2.74. The van der Waals surface area contributed by atoms with E-state index in [1.807, 2.05) is 17.2 Å². The summed E-state index contributed by atoms with van der Waals surface area (Å²) < 4.78 is 0. The molecule has 1 saturated carbocycles. The van der Waals surface area contributed by atoms with E-state index in [2.05, 4.69) is 39.8 Å². The fraction of sp³-hybridized carbons (Fsp3) is 0.458. The van der Waals surface area contributed by atoms with E-state index in [1.54, 1.807) is 11.2 Å². The molecule has 6 N–H and O–H groups in total. The monoisotopic (exact) mass is 435 g/mol. The lowest BCUT2D eigenvalue weighted by Gasteiger charge is -2.37. The maximum absolute atomic E-state index is 13.7. The van der Waals surface area contributed by atoms with E-state index in [-0.39, 0.29) is 18.0 Å². The first-order valence-corrected chi connectivity index (χ1v) is 11.7. The first-order valence-electron chi connectivity index (χ1n) is 11.7. The summed E-state index contributed by atoms with van der Waals surface area (Å²) in [6.07, 6.45) is 13.1. The number of dihydropyridines is 1. The van der Waals surface area contributed by atoms with Gasteiger partial charge in [-0.1, -0.05) is 25.3 Å². The summed E-state index contributed by atoms with van der Waals surface area (Å²) in [6, 6.07) is 6.35. The van der Waals surface area contributed by atoms with Gasteiger partial charge in [0.05, 0.1) is 36.7 Å². The van der Waals surface area contributed by atoms with Crippen molar-refractivity contribution in [1.82, 2.24) is 10.3 Å². The highest BCUT2D eigenvalue weighted by atomic mass is 16.2. The van der Waals surface area contributed by atoms with E-state index in [0.717, 1.165) is 55.0 Å². The van der Waals surface area contributed by atoms with E-state index in [4.69, 9.17) is 11.6 Å². The van der Waals surface area contributed by atoms with Crippen molar-refractivity contribution in [2.24, 2.45) is 17.5 Å². The van der Waals surface area contributed by atoms with Crippen LogP contribution in [0.15, 0.2) is 54.0 Å². The van der Waals surface area contributed by atoms with E-state index in [1.165, 1.54) is 12.0 Å². The minimum absolute atomic E-state index is 0.0127. The van der Waals surface area contributed by atoms with Gasteiger partial charge in [0.1, 0.15) is 6.17 Å². The third-order valence-electron chi connectivity index (χ3n) is 7.06. The lowest BCUT2D eigenvalue weighted by atomic mass is 9.88. The van der Waals surface area contributed by atoms with Crippen LogP contribution in [0.5, 0.6) is 0 Å². The molecule has 3 aliphatic heterocycles. The summed E-state index contributed by atoms with van der Waals surface area (Å²) in [7, 11) is 0. The number of hydrazine groups is 1. The van der Waals surface area contributed by atoms with Crippen LogP contribution in [0.1, 0.15) is 32.1 Å². The van der Waals surface area contributed by atoms with Gasteiger partial charge in [-0.05, 0) is 48.9 Å². The number of fused-ring (bicyclic) bond motifs is 2. The van der Waals surface area contributed by atoms with Gasteiger partial charge in [0.15, 0.2) is 0 Å². The molecule has 1 aliphatic carbocycles. The zero-order valence-corrected chi connectivity index (χ0v) is 18.5. The van der Waals surface area contributed by atoms with Gasteiger partial charge in [0, 0.05) is 24.4 Å². The highest BCUT2D eigenvalue weighted by molar-refractivity contribution is 6.00. The smallest absolute Gasteiger partial charge is 0.230 e. The fourth-order valence-electron chi connectivity index (χ4n) is 5.16. The second-order valence-electron chi connectivity index (χ2n) is 9.08. The molecule has 1 aromatic carbocycles. The van der Waals surface area contributed by atoms with Crippen molar-refractivity contribution in [2.75, 3.05) is 41.3 Å². The Labute approximate surface area is 189 Å². The number of amides is 1. The first-order chi connectivity index (χ1) is 15.6. The predicted molar refractivity (Wildman–Crippen MR) is 129 cm³/mol. The Balaban J connectivity index is 1.50. The van der Waals surface area contributed by atoms with Gasteiger partial charge in [-0.2, -0.15) is 0 Å². The van der Waals surface area contributed by atoms with Gasteiger partial charge in [0.2, 0.25) is 5.91 Å². The topological polar surface area (TPSA) is 103 Å². The molecule has 1 amide bonds. The molecule has 0 spiro atoms. The van der Waals surface area contributed by atoms with Crippen LogP contribution in [0.25, 0.3) is 0 Å². The van der Waals surface area contributed by atoms with Crippen molar-refractivity contribution in [2.45, 2.75) is 38.3 Å². The Hall–Kier alpha value is -3.13. The van der Waals surface area contributed by atoms with Crippen LogP contribution >= 0.6 is 0 Å². The number of carbonyl (C=O) groups is 1. The van der Waals surface area contributed by atoms with Crippen LogP contribution in [0.2, 0.25) is 0 Å². The molecule has 1 aromatic rings. The molecule has 0 bridgehead atoms. The number of rotatable bonds is 2. The second-order valence-corrected chi connectivity index (χ2v) is 9.08. The van der Waals surface area contributed by atoms with Crippen molar-refractivity contribution >= 4 is 23.0 Å². The van der Waals surface area contributed by atoms with E-state index in [9.17, 15) is 4.79 Å². The number of anilines is 3. The van der Waals surface area contributed by atoms with Crippen molar-refractivity contribution in [3.05, 3.63) is 54.0 Å². The third kappa shape index (κ3) is 3.90. The Morgan fingerprint density at radius 3 is 2.78 bits per heavy atom. The number of nitrogens with one attached hydrogen (secondary N) is 2. The highest BCUT2D eigenvalue weighted by Crippen LogP contribution is 2.38. The molecule has 0 aromatic heterocycles. The molecule has 1 unspecified atom stereocenters. The van der Waals surface area contributed by atoms with E-state index < -0.39 is 0 Å². The summed E-state index contributed by atoms with van der Waals surface area (Å²) in [5.41, 5.74) is 10.8. The predicted octanol–water partition coefficient (Wildman–Crippen LogP) is 2.19. The zero-order chi connectivity index (χ0) is 22.1. The molecular formula is C24H33N7O. The molecule has 2 fully saturated rings. The van der Waals surface area contributed by atoms with Gasteiger partial charge in [-0.25, -0.2) is 5.84 Å².